The minimum atomic E-state index is 0.475. The highest BCUT2D eigenvalue weighted by Crippen LogP contribution is 2.45. The normalized spacial score (nSPS) is 10.9. The topological polar surface area (TPSA) is 76.1 Å². The van der Waals surface area contributed by atoms with Crippen LogP contribution in [0.3, 0.4) is 0 Å². The van der Waals surface area contributed by atoms with Gasteiger partial charge in [0.1, 0.15) is 0 Å². The number of rotatable bonds is 6. The smallest absolute Gasteiger partial charge is 0.188 e. The molecule has 254 valence electrons. The first-order chi connectivity index (χ1) is 27.1. The van der Waals surface area contributed by atoms with Gasteiger partial charge in [-0.15, -0.1) is 0 Å². The zero-order chi connectivity index (χ0) is 37.3. The lowest BCUT2D eigenvalue weighted by Crippen LogP contribution is -2.04. The Hall–Kier alpha value is -8.18. The van der Waals surface area contributed by atoms with Crippen molar-refractivity contribution in [2.45, 2.75) is 0 Å². The van der Waals surface area contributed by atoms with Crippen LogP contribution < -0.4 is 0 Å². The average molecular weight is 702 g/mol. The van der Waals surface area contributed by atoms with Crippen LogP contribution in [0.25, 0.3) is 93.6 Å². The van der Waals surface area contributed by atoms with E-state index in [4.69, 9.17) is 28.1 Å². The molecule has 0 amide bonds. The molecule has 0 spiro atoms. The van der Waals surface area contributed by atoms with E-state index < -0.39 is 0 Å². The standard InChI is InChI=1S/C48H27N7/c1-50-37-20-12-19-35(26-37)41-28-36(48-53-46(32-14-5-3-6-15-32)52-47(54-48)33-16-7-4-8-17-33)27-40(34-18-11-13-31(25-34)30-49)45(41)55-43-22-10-9-21-39(43)42-29-38(51-2)23-24-44(42)55/h3-29H. The lowest BCUT2D eigenvalue weighted by Gasteiger charge is -2.21. The van der Waals surface area contributed by atoms with Crippen LogP contribution in [0, 0.1) is 24.5 Å². The number of para-hydroxylation sites is 1. The van der Waals surface area contributed by atoms with E-state index in [1.54, 1.807) is 12.1 Å². The summed E-state index contributed by atoms with van der Waals surface area (Å²) in [5.74, 6) is 1.55. The van der Waals surface area contributed by atoms with E-state index >= 15 is 0 Å². The first-order valence-corrected chi connectivity index (χ1v) is 17.6. The lowest BCUT2D eigenvalue weighted by molar-refractivity contribution is 1.07. The van der Waals surface area contributed by atoms with E-state index in [9.17, 15) is 5.26 Å². The Morgan fingerprint density at radius 1 is 0.455 bits per heavy atom. The largest absolute Gasteiger partial charge is 0.308 e. The van der Waals surface area contributed by atoms with Crippen LogP contribution in [-0.4, -0.2) is 19.5 Å². The molecule has 0 aliphatic carbocycles. The lowest BCUT2D eigenvalue weighted by atomic mass is 9.91. The first-order valence-electron chi connectivity index (χ1n) is 17.6. The molecule has 9 rings (SSSR count). The van der Waals surface area contributed by atoms with Crippen molar-refractivity contribution < 1.29 is 0 Å². The van der Waals surface area contributed by atoms with Crippen molar-refractivity contribution in [1.82, 2.24) is 19.5 Å². The van der Waals surface area contributed by atoms with Gasteiger partial charge in [-0.25, -0.2) is 24.6 Å². The predicted octanol–water partition coefficient (Wildman–Crippen LogP) is 12.3. The maximum atomic E-state index is 10.1. The van der Waals surface area contributed by atoms with E-state index in [0.29, 0.717) is 34.4 Å². The van der Waals surface area contributed by atoms with E-state index in [0.717, 1.165) is 66.4 Å². The van der Waals surface area contributed by atoms with Gasteiger partial charge in [0.05, 0.1) is 41.5 Å². The van der Waals surface area contributed by atoms with Crippen LogP contribution in [0.4, 0.5) is 11.4 Å². The third kappa shape index (κ3) is 5.93. The first kappa shape index (κ1) is 32.7. The van der Waals surface area contributed by atoms with Gasteiger partial charge in [-0.1, -0.05) is 115 Å². The molecule has 0 atom stereocenters. The maximum absolute atomic E-state index is 10.1. The second-order valence-electron chi connectivity index (χ2n) is 13.0. The van der Waals surface area contributed by atoms with Crippen LogP contribution in [0.15, 0.2) is 164 Å². The van der Waals surface area contributed by atoms with Crippen molar-refractivity contribution in [2.75, 3.05) is 0 Å². The Bertz CT molecular complexity index is 2930. The summed E-state index contributed by atoms with van der Waals surface area (Å²) < 4.78 is 2.23. The molecule has 2 aromatic heterocycles. The number of hydrogen-bond acceptors (Lipinski definition) is 4. The van der Waals surface area contributed by atoms with Crippen molar-refractivity contribution in [3.8, 4) is 68.2 Å². The molecule has 7 aromatic carbocycles. The van der Waals surface area contributed by atoms with Gasteiger partial charge in [-0.05, 0) is 65.0 Å². The second-order valence-corrected chi connectivity index (χ2v) is 13.0. The van der Waals surface area contributed by atoms with Gasteiger partial charge in [0.25, 0.3) is 0 Å². The summed E-state index contributed by atoms with van der Waals surface area (Å²) in [6.45, 7) is 15.7. The Morgan fingerprint density at radius 2 is 0.982 bits per heavy atom. The molecule has 0 unspecified atom stereocenters. The Kier molecular flexibility index (Phi) is 8.18. The van der Waals surface area contributed by atoms with Crippen molar-refractivity contribution in [2.24, 2.45) is 0 Å². The quantitative estimate of drug-likeness (QED) is 0.162. The summed E-state index contributed by atoms with van der Waals surface area (Å²) in [4.78, 5) is 22.6. The van der Waals surface area contributed by atoms with E-state index in [1.807, 2.05) is 127 Å². The summed E-state index contributed by atoms with van der Waals surface area (Å²) in [6.07, 6.45) is 0. The summed E-state index contributed by atoms with van der Waals surface area (Å²) >= 11 is 0. The predicted molar refractivity (Wildman–Crippen MR) is 219 cm³/mol. The summed E-state index contributed by atoms with van der Waals surface area (Å²) in [5.41, 5.74) is 10.1. The highest BCUT2D eigenvalue weighted by Gasteiger charge is 2.23. The van der Waals surface area contributed by atoms with Crippen molar-refractivity contribution >= 4 is 33.2 Å². The summed E-state index contributed by atoms with van der Waals surface area (Å²) in [5, 5.41) is 12.0. The fourth-order valence-electron chi connectivity index (χ4n) is 7.15. The van der Waals surface area contributed by atoms with Gasteiger partial charge >= 0.3 is 0 Å². The van der Waals surface area contributed by atoms with Crippen LogP contribution in [-0.2, 0) is 0 Å². The van der Waals surface area contributed by atoms with Gasteiger partial charge < -0.3 is 4.57 Å². The second kappa shape index (κ2) is 13.7. The zero-order valence-electron chi connectivity index (χ0n) is 29.2. The molecular formula is C48H27N7. The number of hydrogen-bond donors (Lipinski definition) is 0. The molecule has 0 saturated carbocycles. The molecule has 9 aromatic rings. The summed E-state index contributed by atoms with van der Waals surface area (Å²) in [7, 11) is 0. The van der Waals surface area contributed by atoms with Gasteiger partial charge in [-0.3, -0.25) is 0 Å². The molecule has 0 bridgehead atoms. The van der Waals surface area contributed by atoms with Crippen LogP contribution in [0.5, 0.6) is 0 Å². The molecule has 0 aliphatic heterocycles. The number of nitriles is 1. The SMILES string of the molecule is [C-]#[N+]c1cccc(-c2cc(-c3nc(-c4ccccc4)nc(-c4ccccc4)n3)cc(-c3cccc(C#N)c3)c2-n2c3ccccc3c3cc([N+]#[C-])ccc32)c1. The van der Waals surface area contributed by atoms with Crippen molar-refractivity contribution in [3.05, 3.63) is 192 Å². The number of benzene rings is 7. The van der Waals surface area contributed by atoms with E-state index in [2.05, 4.69) is 44.6 Å². The third-order valence-corrected chi connectivity index (χ3v) is 9.67. The van der Waals surface area contributed by atoms with Gasteiger partial charge in [0, 0.05) is 33.2 Å². The van der Waals surface area contributed by atoms with Crippen molar-refractivity contribution in [3.63, 3.8) is 0 Å². The summed E-state index contributed by atoms with van der Waals surface area (Å²) in [6, 6.07) is 55.4. The molecule has 0 N–H and O–H groups in total. The minimum Gasteiger partial charge on any atom is -0.308 e. The highest BCUT2D eigenvalue weighted by atomic mass is 15.0. The molecule has 0 radical (unpaired) electrons. The number of fused-ring (bicyclic) bond motifs is 3. The molecule has 7 heteroatoms. The van der Waals surface area contributed by atoms with E-state index in [1.165, 1.54) is 0 Å². The number of nitrogens with zero attached hydrogens (tertiary/aromatic N) is 7. The maximum Gasteiger partial charge on any atom is 0.188 e. The average Bonchev–Trinajstić information content (AvgIpc) is 3.59. The highest BCUT2D eigenvalue weighted by molar-refractivity contribution is 6.11. The van der Waals surface area contributed by atoms with Gasteiger partial charge in [0.15, 0.2) is 28.8 Å². The molecule has 2 heterocycles. The number of aromatic nitrogens is 4. The third-order valence-electron chi connectivity index (χ3n) is 9.67. The van der Waals surface area contributed by atoms with Crippen LogP contribution in [0.2, 0.25) is 0 Å². The Balaban J connectivity index is 1.44. The fourth-order valence-corrected chi connectivity index (χ4v) is 7.15. The van der Waals surface area contributed by atoms with Gasteiger partial charge in [0.2, 0.25) is 0 Å². The van der Waals surface area contributed by atoms with E-state index in [-0.39, 0.29) is 0 Å². The molecule has 7 nitrogen and oxygen atoms in total. The Labute approximate surface area is 317 Å². The fraction of sp³-hybridized carbons (Fsp3) is 0. The monoisotopic (exact) mass is 701 g/mol. The zero-order valence-corrected chi connectivity index (χ0v) is 29.2. The molecule has 0 fully saturated rings. The van der Waals surface area contributed by atoms with Crippen LogP contribution in [0.1, 0.15) is 5.56 Å². The molecular weight excluding hydrogens is 675 g/mol. The van der Waals surface area contributed by atoms with Gasteiger partial charge in [-0.2, -0.15) is 5.26 Å². The minimum absolute atomic E-state index is 0.475. The Morgan fingerprint density at radius 3 is 1.62 bits per heavy atom. The van der Waals surface area contributed by atoms with Crippen molar-refractivity contribution in [1.29, 1.82) is 5.26 Å². The molecule has 0 aliphatic rings. The van der Waals surface area contributed by atoms with Crippen LogP contribution >= 0.6 is 0 Å². The molecule has 0 saturated heterocycles. The molecule has 55 heavy (non-hydrogen) atoms.